The lowest BCUT2D eigenvalue weighted by molar-refractivity contribution is 0.0519. The molecule has 122 valence electrons. The molecule has 5 heteroatoms. The number of aromatic nitrogens is 1. The average molecular weight is 305 g/mol. The predicted octanol–water partition coefficient (Wildman–Crippen LogP) is 2.99. The van der Waals surface area contributed by atoms with Crippen LogP contribution in [0, 0.1) is 5.92 Å². The zero-order chi connectivity index (χ0) is 16.2. The number of pyridine rings is 1. The average Bonchev–Trinajstić information content (AvgIpc) is 2.92. The van der Waals surface area contributed by atoms with Crippen molar-refractivity contribution in [3.63, 3.8) is 0 Å². The van der Waals surface area contributed by atoms with Crippen molar-refractivity contribution in [1.82, 2.24) is 15.2 Å². The minimum atomic E-state index is -0.445. The highest BCUT2D eigenvalue weighted by molar-refractivity contribution is 5.67. The van der Waals surface area contributed by atoms with Crippen LogP contribution < -0.4 is 5.32 Å². The Balaban J connectivity index is 1.77. The first-order chi connectivity index (χ1) is 10.3. The van der Waals surface area contributed by atoms with Crippen LogP contribution in [0.5, 0.6) is 0 Å². The fourth-order valence-electron chi connectivity index (χ4n) is 2.73. The topological polar surface area (TPSA) is 54.5 Å². The number of carbonyl (C=O) groups excluding carboxylic acids is 1. The molecule has 5 nitrogen and oxygen atoms in total. The molecule has 0 radical (unpaired) electrons. The van der Waals surface area contributed by atoms with Crippen LogP contribution in [0.1, 0.15) is 45.9 Å². The van der Waals surface area contributed by atoms with Crippen LogP contribution in [0.2, 0.25) is 0 Å². The highest BCUT2D eigenvalue weighted by Gasteiger charge is 2.28. The van der Waals surface area contributed by atoms with Gasteiger partial charge in [0.15, 0.2) is 0 Å². The van der Waals surface area contributed by atoms with Crippen LogP contribution in [0.25, 0.3) is 0 Å². The SMILES string of the molecule is C[C@@H](c1ccccn1)N1CC[C@@H](CNC(=O)OC(C)(C)C)C1. The van der Waals surface area contributed by atoms with Gasteiger partial charge in [-0.1, -0.05) is 6.07 Å². The summed E-state index contributed by atoms with van der Waals surface area (Å²) in [6.07, 6.45) is 2.60. The number of nitrogens with one attached hydrogen (secondary N) is 1. The van der Waals surface area contributed by atoms with E-state index in [1.165, 1.54) is 0 Å². The lowest BCUT2D eigenvalue weighted by atomic mass is 10.1. The summed E-state index contributed by atoms with van der Waals surface area (Å²) in [7, 11) is 0. The first-order valence-corrected chi connectivity index (χ1v) is 7.97. The van der Waals surface area contributed by atoms with Crippen molar-refractivity contribution < 1.29 is 9.53 Å². The Hall–Kier alpha value is -1.62. The molecule has 2 rings (SSSR count). The van der Waals surface area contributed by atoms with Crippen molar-refractivity contribution in [1.29, 1.82) is 0 Å². The Bertz CT molecular complexity index is 484. The van der Waals surface area contributed by atoms with E-state index in [0.29, 0.717) is 18.5 Å². The Morgan fingerprint density at radius 1 is 1.50 bits per heavy atom. The summed E-state index contributed by atoms with van der Waals surface area (Å²) in [5, 5.41) is 2.88. The molecule has 1 saturated heterocycles. The van der Waals surface area contributed by atoms with Crippen molar-refractivity contribution in [3.8, 4) is 0 Å². The Kier molecular flexibility index (Phi) is 5.40. The molecule has 1 aliphatic heterocycles. The van der Waals surface area contributed by atoms with Gasteiger partial charge < -0.3 is 10.1 Å². The minimum Gasteiger partial charge on any atom is -0.444 e. The molecule has 0 saturated carbocycles. The largest absolute Gasteiger partial charge is 0.444 e. The fraction of sp³-hybridized carbons (Fsp3) is 0.647. The highest BCUT2D eigenvalue weighted by atomic mass is 16.6. The maximum absolute atomic E-state index is 11.7. The molecule has 0 unspecified atom stereocenters. The van der Waals surface area contributed by atoms with Crippen LogP contribution in [0.4, 0.5) is 4.79 Å². The summed E-state index contributed by atoms with van der Waals surface area (Å²) in [6, 6.07) is 6.34. The van der Waals surface area contributed by atoms with E-state index in [1.54, 1.807) is 0 Å². The lowest BCUT2D eigenvalue weighted by Gasteiger charge is -2.24. The number of rotatable bonds is 4. The molecule has 0 aromatic carbocycles. The summed E-state index contributed by atoms with van der Waals surface area (Å²) in [6.45, 7) is 10.5. The molecule has 2 heterocycles. The molecule has 1 amide bonds. The summed E-state index contributed by atoms with van der Waals surface area (Å²) in [5.74, 6) is 0.471. The van der Waals surface area contributed by atoms with E-state index in [0.717, 1.165) is 25.2 Å². The number of hydrogen-bond acceptors (Lipinski definition) is 4. The van der Waals surface area contributed by atoms with Gasteiger partial charge in [0.2, 0.25) is 0 Å². The molecule has 0 bridgehead atoms. The van der Waals surface area contributed by atoms with E-state index in [-0.39, 0.29) is 6.09 Å². The van der Waals surface area contributed by atoms with Gasteiger partial charge in [-0.2, -0.15) is 0 Å². The first kappa shape index (κ1) is 16.7. The van der Waals surface area contributed by atoms with E-state index in [9.17, 15) is 4.79 Å². The Morgan fingerprint density at radius 3 is 2.91 bits per heavy atom. The fourth-order valence-corrected chi connectivity index (χ4v) is 2.73. The zero-order valence-electron chi connectivity index (χ0n) is 14.0. The maximum atomic E-state index is 11.7. The number of ether oxygens (including phenoxy) is 1. The first-order valence-electron chi connectivity index (χ1n) is 7.97. The van der Waals surface area contributed by atoms with Gasteiger partial charge in [-0.25, -0.2) is 4.79 Å². The molecule has 1 fully saturated rings. The third-order valence-corrected chi connectivity index (χ3v) is 3.91. The number of amides is 1. The monoisotopic (exact) mass is 305 g/mol. The van der Waals surface area contributed by atoms with Crippen molar-refractivity contribution >= 4 is 6.09 Å². The quantitative estimate of drug-likeness (QED) is 0.929. The third-order valence-electron chi connectivity index (χ3n) is 3.91. The minimum absolute atomic E-state index is 0.313. The molecule has 0 spiro atoms. The van der Waals surface area contributed by atoms with E-state index in [1.807, 2.05) is 39.1 Å². The maximum Gasteiger partial charge on any atom is 0.407 e. The molecule has 1 aromatic rings. The van der Waals surface area contributed by atoms with Crippen LogP contribution in [0.3, 0.4) is 0 Å². The summed E-state index contributed by atoms with van der Waals surface area (Å²) < 4.78 is 5.27. The molecule has 1 N–H and O–H groups in total. The number of nitrogens with zero attached hydrogens (tertiary/aromatic N) is 2. The smallest absolute Gasteiger partial charge is 0.407 e. The molecular weight excluding hydrogens is 278 g/mol. The number of alkyl carbamates (subject to hydrolysis) is 1. The second kappa shape index (κ2) is 7.09. The number of likely N-dealkylation sites (tertiary alicyclic amines) is 1. The number of carbonyl (C=O) groups is 1. The van der Waals surface area contributed by atoms with Crippen molar-refractivity contribution in [2.45, 2.75) is 45.8 Å². The molecule has 1 aromatic heterocycles. The number of hydrogen-bond donors (Lipinski definition) is 1. The second-order valence-corrected chi connectivity index (χ2v) is 6.96. The van der Waals surface area contributed by atoms with Gasteiger partial charge in [-0.3, -0.25) is 9.88 Å². The lowest BCUT2D eigenvalue weighted by Crippen LogP contribution is -2.36. The van der Waals surface area contributed by atoms with Gasteiger partial charge in [0.1, 0.15) is 5.60 Å². The van der Waals surface area contributed by atoms with Crippen LogP contribution in [-0.2, 0) is 4.74 Å². The third kappa shape index (κ3) is 4.98. The highest BCUT2D eigenvalue weighted by Crippen LogP contribution is 2.25. The summed E-state index contributed by atoms with van der Waals surface area (Å²) in [5.41, 5.74) is 0.655. The van der Waals surface area contributed by atoms with E-state index in [4.69, 9.17) is 4.74 Å². The molecule has 1 aliphatic rings. The van der Waals surface area contributed by atoms with Crippen molar-refractivity contribution in [3.05, 3.63) is 30.1 Å². The van der Waals surface area contributed by atoms with Gasteiger partial charge in [0.05, 0.1) is 5.69 Å². The van der Waals surface area contributed by atoms with Gasteiger partial charge >= 0.3 is 6.09 Å². The van der Waals surface area contributed by atoms with Crippen LogP contribution in [-0.4, -0.2) is 41.2 Å². The van der Waals surface area contributed by atoms with E-state index in [2.05, 4.69) is 28.2 Å². The normalized spacial score (nSPS) is 20.6. The van der Waals surface area contributed by atoms with Gasteiger partial charge in [-0.05, 0) is 58.7 Å². The van der Waals surface area contributed by atoms with Crippen LogP contribution >= 0.6 is 0 Å². The zero-order valence-corrected chi connectivity index (χ0v) is 14.0. The van der Waals surface area contributed by atoms with E-state index >= 15 is 0 Å². The van der Waals surface area contributed by atoms with Gasteiger partial charge in [0, 0.05) is 25.3 Å². The molecule has 0 aliphatic carbocycles. The van der Waals surface area contributed by atoms with E-state index < -0.39 is 5.60 Å². The summed E-state index contributed by atoms with van der Waals surface area (Å²) >= 11 is 0. The summed E-state index contributed by atoms with van der Waals surface area (Å²) in [4.78, 5) is 18.5. The Labute approximate surface area is 133 Å². The standard InChI is InChI=1S/C17H27N3O2/c1-13(15-7-5-6-9-18-15)20-10-8-14(12-20)11-19-16(21)22-17(2,3)4/h5-7,9,13-14H,8,10-12H2,1-4H3,(H,19,21)/t13-,14-/m0/s1. The van der Waals surface area contributed by atoms with Gasteiger partial charge in [-0.15, -0.1) is 0 Å². The van der Waals surface area contributed by atoms with Crippen molar-refractivity contribution in [2.24, 2.45) is 5.92 Å². The Morgan fingerprint density at radius 2 is 2.27 bits per heavy atom. The predicted molar refractivity (Wildman–Crippen MR) is 86.6 cm³/mol. The molecule has 2 atom stereocenters. The van der Waals surface area contributed by atoms with Crippen molar-refractivity contribution in [2.75, 3.05) is 19.6 Å². The second-order valence-electron chi connectivity index (χ2n) is 6.96. The molecular formula is C17H27N3O2. The van der Waals surface area contributed by atoms with Crippen LogP contribution in [0.15, 0.2) is 24.4 Å². The van der Waals surface area contributed by atoms with Gasteiger partial charge in [0.25, 0.3) is 0 Å². The molecule has 22 heavy (non-hydrogen) atoms.